The molecule has 0 amide bonds. The molecule has 106 valence electrons. The minimum absolute atomic E-state index is 0.0709. The van der Waals surface area contributed by atoms with Gasteiger partial charge in [-0.1, -0.05) is 6.07 Å². The van der Waals surface area contributed by atoms with Crippen LogP contribution in [0.2, 0.25) is 0 Å². The smallest absolute Gasteiger partial charge is 0.387 e. The number of rotatable bonds is 5. The maximum absolute atomic E-state index is 12.4. The Morgan fingerprint density at radius 2 is 2.25 bits per heavy atom. The van der Waals surface area contributed by atoms with Gasteiger partial charge in [-0.2, -0.15) is 13.9 Å². The molecule has 0 radical (unpaired) electrons. The molecule has 20 heavy (non-hydrogen) atoms. The third-order valence-electron chi connectivity index (χ3n) is 2.60. The second kappa shape index (κ2) is 6.14. The van der Waals surface area contributed by atoms with E-state index >= 15 is 0 Å². The van der Waals surface area contributed by atoms with Crippen LogP contribution in [0.5, 0.6) is 5.75 Å². The summed E-state index contributed by atoms with van der Waals surface area (Å²) in [7, 11) is 1.22. The van der Waals surface area contributed by atoms with Crippen molar-refractivity contribution in [3.8, 4) is 5.75 Å². The molecule has 2 rings (SSSR count). The van der Waals surface area contributed by atoms with E-state index in [0.717, 1.165) is 0 Å². The van der Waals surface area contributed by atoms with E-state index in [1.54, 1.807) is 23.1 Å². The molecule has 1 aromatic heterocycles. The fraction of sp³-hybridized carbons (Fsp3) is 0.231. The average Bonchev–Trinajstić information content (AvgIpc) is 2.92. The molecule has 0 aliphatic carbocycles. The number of halogens is 2. The number of benzene rings is 1. The van der Waals surface area contributed by atoms with Crippen molar-refractivity contribution in [3.05, 3.63) is 47.8 Å². The fourth-order valence-electron chi connectivity index (χ4n) is 1.70. The Morgan fingerprint density at radius 1 is 1.45 bits per heavy atom. The summed E-state index contributed by atoms with van der Waals surface area (Å²) in [5, 5.41) is 3.99. The molecule has 0 saturated heterocycles. The maximum atomic E-state index is 12.4. The van der Waals surface area contributed by atoms with E-state index in [1.165, 1.54) is 25.3 Å². The van der Waals surface area contributed by atoms with Crippen molar-refractivity contribution in [2.75, 3.05) is 7.11 Å². The minimum Gasteiger partial charge on any atom is -0.465 e. The lowest BCUT2D eigenvalue weighted by atomic mass is 10.1. The van der Waals surface area contributed by atoms with E-state index in [-0.39, 0.29) is 17.9 Å². The van der Waals surface area contributed by atoms with E-state index in [2.05, 4.69) is 14.6 Å². The van der Waals surface area contributed by atoms with Gasteiger partial charge in [-0.15, -0.1) is 0 Å². The van der Waals surface area contributed by atoms with Crippen LogP contribution in [0, 0.1) is 0 Å². The molecular formula is C13H12F2N2O3. The van der Waals surface area contributed by atoms with Gasteiger partial charge >= 0.3 is 12.6 Å². The number of aromatic nitrogens is 2. The van der Waals surface area contributed by atoms with Gasteiger partial charge in [0.25, 0.3) is 0 Å². The Bertz CT molecular complexity index is 585. The molecule has 0 saturated carbocycles. The summed E-state index contributed by atoms with van der Waals surface area (Å²) in [6.07, 6.45) is 3.27. The first-order valence-electron chi connectivity index (χ1n) is 5.73. The number of hydrogen-bond donors (Lipinski definition) is 0. The van der Waals surface area contributed by atoms with Crippen LogP contribution in [0.3, 0.4) is 0 Å². The van der Waals surface area contributed by atoms with Crippen LogP contribution in [0.15, 0.2) is 36.7 Å². The molecule has 1 aromatic carbocycles. The zero-order chi connectivity index (χ0) is 14.5. The molecule has 0 unspecified atom stereocenters. The second-order valence-electron chi connectivity index (χ2n) is 3.90. The third-order valence-corrected chi connectivity index (χ3v) is 2.60. The van der Waals surface area contributed by atoms with Crippen molar-refractivity contribution < 1.29 is 23.0 Å². The van der Waals surface area contributed by atoms with Gasteiger partial charge in [0.05, 0.1) is 19.2 Å². The topological polar surface area (TPSA) is 53.4 Å². The van der Waals surface area contributed by atoms with Crippen LogP contribution in [-0.4, -0.2) is 29.5 Å². The zero-order valence-corrected chi connectivity index (χ0v) is 10.6. The predicted octanol–water partition coefficient (Wildman–Crippen LogP) is 2.32. The monoisotopic (exact) mass is 282 g/mol. The highest BCUT2D eigenvalue weighted by Gasteiger charge is 2.14. The average molecular weight is 282 g/mol. The molecule has 2 aromatic rings. The Labute approximate surface area is 113 Å². The number of nitrogens with zero attached hydrogens (tertiary/aromatic N) is 2. The highest BCUT2D eigenvalue weighted by Crippen LogP contribution is 2.24. The van der Waals surface area contributed by atoms with Gasteiger partial charge < -0.3 is 9.47 Å². The van der Waals surface area contributed by atoms with E-state index in [4.69, 9.17) is 0 Å². The first-order valence-corrected chi connectivity index (χ1v) is 5.73. The molecule has 0 N–H and O–H groups in total. The maximum Gasteiger partial charge on any atom is 0.387 e. The van der Waals surface area contributed by atoms with Crippen molar-refractivity contribution in [2.45, 2.75) is 13.2 Å². The van der Waals surface area contributed by atoms with Crippen LogP contribution in [0.1, 0.15) is 15.9 Å². The Hall–Kier alpha value is -2.44. The molecule has 5 nitrogen and oxygen atoms in total. The van der Waals surface area contributed by atoms with Crippen molar-refractivity contribution in [1.82, 2.24) is 9.78 Å². The first-order chi connectivity index (χ1) is 9.60. The van der Waals surface area contributed by atoms with Gasteiger partial charge in [-0.3, -0.25) is 4.68 Å². The van der Waals surface area contributed by atoms with Gasteiger partial charge in [0.15, 0.2) is 0 Å². The number of alkyl halides is 2. The first kappa shape index (κ1) is 14.0. The SMILES string of the molecule is COC(=O)c1ccc(Cn2cccn2)c(OC(F)F)c1. The second-order valence-corrected chi connectivity index (χ2v) is 3.90. The van der Waals surface area contributed by atoms with Crippen LogP contribution < -0.4 is 4.74 Å². The molecule has 0 aliphatic rings. The lowest BCUT2D eigenvalue weighted by Crippen LogP contribution is -2.09. The number of ether oxygens (including phenoxy) is 2. The molecular weight excluding hydrogens is 270 g/mol. The summed E-state index contributed by atoms with van der Waals surface area (Å²) in [4.78, 5) is 11.4. The highest BCUT2D eigenvalue weighted by molar-refractivity contribution is 5.89. The van der Waals surface area contributed by atoms with Gasteiger partial charge in [-0.05, 0) is 18.2 Å². The van der Waals surface area contributed by atoms with Crippen LogP contribution in [0.25, 0.3) is 0 Å². The van der Waals surface area contributed by atoms with Gasteiger partial charge in [0.2, 0.25) is 0 Å². The summed E-state index contributed by atoms with van der Waals surface area (Å²) in [5.41, 5.74) is 0.633. The van der Waals surface area contributed by atoms with Crippen molar-refractivity contribution in [1.29, 1.82) is 0 Å². The van der Waals surface area contributed by atoms with Crippen molar-refractivity contribution in [2.24, 2.45) is 0 Å². The van der Waals surface area contributed by atoms with Crippen molar-refractivity contribution in [3.63, 3.8) is 0 Å². The summed E-state index contributed by atoms with van der Waals surface area (Å²) in [6, 6.07) is 5.97. The number of esters is 1. The quantitative estimate of drug-likeness (QED) is 0.790. The van der Waals surface area contributed by atoms with E-state index in [0.29, 0.717) is 5.56 Å². The summed E-state index contributed by atoms with van der Waals surface area (Å²) >= 11 is 0. The molecule has 0 fully saturated rings. The van der Waals surface area contributed by atoms with Gasteiger partial charge in [0, 0.05) is 18.0 Å². The van der Waals surface area contributed by atoms with Crippen LogP contribution in [-0.2, 0) is 11.3 Å². The predicted molar refractivity (Wildman–Crippen MR) is 65.7 cm³/mol. The lowest BCUT2D eigenvalue weighted by Gasteiger charge is -2.12. The summed E-state index contributed by atoms with van der Waals surface area (Å²) in [6.45, 7) is -2.71. The molecule has 0 spiro atoms. The number of hydrogen-bond acceptors (Lipinski definition) is 4. The van der Waals surface area contributed by atoms with E-state index in [1.807, 2.05) is 0 Å². The summed E-state index contributed by atoms with van der Waals surface area (Å²) in [5.74, 6) is -0.687. The van der Waals surface area contributed by atoms with Crippen LogP contribution in [0.4, 0.5) is 8.78 Å². The molecule has 0 aliphatic heterocycles. The van der Waals surface area contributed by atoms with E-state index < -0.39 is 12.6 Å². The van der Waals surface area contributed by atoms with E-state index in [9.17, 15) is 13.6 Å². The minimum atomic E-state index is -2.97. The molecule has 7 heteroatoms. The highest BCUT2D eigenvalue weighted by atomic mass is 19.3. The van der Waals surface area contributed by atoms with Crippen molar-refractivity contribution >= 4 is 5.97 Å². The standard InChI is InChI=1S/C13H12F2N2O3/c1-19-12(18)9-3-4-10(8-17-6-2-5-16-17)11(7-9)20-13(14)15/h2-7,13H,8H2,1H3. The lowest BCUT2D eigenvalue weighted by molar-refractivity contribution is -0.0505. The van der Waals surface area contributed by atoms with Gasteiger partial charge in [0.1, 0.15) is 5.75 Å². The fourth-order valence-corrected chi connectivity index (χ4v) is 1.70. The molecule has 1 heterocycles. The Kier molecular flexibility index (Phi) is 4.29. The Balaban J connectivity index is 2.32. The number of carbonyl (C=O) groups is 1. The van der Waals surface area contributed by atoms with Gasteiger partial charge in [-0.25, -0.2) is 4.79 Å². The Morgan fingerprint density at radius 3 is 2.85 bits per heavy atom. The van der Waals surface area contributed by atoms with Crippen LogP contribution >= 0.6 is 0 Å². The summed E-state index contributed by atoms with van der Waals surface area (Å²) < 4.78 is 35.4. The largest absolute Gasteiger partial charge is 0.465 e. The normalized spacial score (nSPS) is 10.6. The zero-order valence-electron chi connectivity index (χ0n) is 10.6. The number of methoxy groups -OCH3 is 1. The molecule has 0 bridgehead atoms. The third kappa shape index (κ3) is 3.31. The number of carbonyl (C=O) groups excluding carboxylic acids is 1. The molecule has 0 atom stereocenters.